The molecule has 2 heterocycles. The fourth-order valence-electron chi connectivity index (χ4n) is 2.58. The van der Waals surface area contributed by atoms with Crippen LogP contribution in [0.2, 0.25) is 0 Å². The van der Waals surface area contributed by atoms with E-state index in [-0.39, 0.29) is 5.91 Å². The molecule has 0 bridgehead atoms. The molecule has 0 spiro atoms. The minimum Gasteiger partial charge on any atom is -0.441 e. The number of anilines is 1. The lowest BCUT2D eigenvalue weighted by molar-refractivity contribution is -0.116. The smallest absolute Gasteiger partial charge is 0.225 e. The summed E-state index contributed by atoms with van der Waals surface area (Å²) in [5.74, 6) is 1.43. The second-order valence-corrected chi connectivity index (χ2v) is 5.37. The van der Waals surface area contributed by atoms with Crippen molar-refractivity contribution in [2.75, 3.05) is 11.9 Å². The standard InChI is InChI=1S/C16H19N3O2/c1-11-18-10-15(21-11)12-4-6-13(7-5-12)19-16(20)9-14-3-2-8-17-14/h4-7,10,14,17H,2-3,8-9H2,1H3,(H,19,20). The molecule has 1 unspecified atom stereocenters. The van der Waals surface area contributed by atoms with E-state index in [0.717, 1.165) is 36.4 Å². The topological polar surface area (TPSA) is 67.2 Å². The Bertz CT molecular complexity index is 613. The zero-order valence-corrected chi connectivity index (χ0v) is 12.1. The molecule has 1 atom stereocenters. The Labute approximate surface area is 123 Å². The molecule has 1 aliphatic heterocycles. The van der Waals surface area contributed by atoms with E-state index in [0.29, 0.717) is 18.4 Å². The number of nitrogens with one attached hydrogen (secondary N) is 2. The largest absolute Gasteiger partial charge is 0.441 e. The quantitative estimate of drug-likeness (QED) is 0.906. The summed E-state index contributed by atoms with van der Waals surface area (Å²) in [6.07, 6.45) is 4.47. The molecular formula is C16H19N3O2. The minimum atomic E-state index is 0.0534. The van der Waals surface area contributed by atoms with Gasteiger partial charge in [0.1, 0.15) is 0 Å². The average Bonchev–Trinajstić information content (AvgIpc) is 3.11. The van der Waals surface area contributed by atoms with Gasteiger partial charge in [0.25, 0.3) is 0 Å². The van der Waals surface area contributed by atoms with Crippen molar-refractivity contribution in [3.63, 3.8) is 0 Å². The summed E-state index contributed by atoms with van der Waals surface area (Å²) < 4.78 is 5.47. The lowest BCUT2D eigenvalue weighted by Gasteiger charge is -2.10. The zero-order chi connectivity index (χ0) is 14.7. The first kappa shape index (κ1) is 13.8. The van der Waals surface area contributed by atoms with E-state index in [1.165, 1.54) is 0 Å². The van der Waals surface area contributed by atoms with Gasteiger partial charge in [-0.15, -0.1) is 0 Å². The molecule has 1 fully saturated rings. The monoisotopic (exact) mass is 285 g/mol. The first-order chi connectivity index (χ1) is 10.2. The number of oxazole rings is 1. The molecule has 2 N–H and O–H groups in total. The van der Waals surface area contributed by atoms with Crippen molar-refractivity contribution in [3.05, 3.63) is 36.4 Å². The fraction of sp³-hybridized carbons (Fsp3) is 0.375. The van der Waals surface area contributed by atoms with Crippen LogP contribution in [0, 0.1) is 6.92 Å². The van der Waals surface area contributed by atoms with E-state index in [1.807, 2.05) is 31.2 Å². The highest BCUT2D eigenvalue weighted by Gasteiger charge is 2.17. The number of benzene rings is 1. The van der Waals surface area contributed by atoms with Crippen LogP contribution in [-0.4, -0.2) is 23.5 Å². The van der Waals surface area contributed by atoms with Gasteiger partial charge in [0.05, 0.1) is 6.20 Å². The first-order valence-electron chi connectivity index (χ1n) is 7.27. The van der Waals surface area contributed by atoms with Gasteiger partial charge in [0, 0.05) is 30.6 Å². The SMILES string of the molecule is Cc1ncc(-c2ccc(NC(=O)CC3CCCN3)cc2)o1. The molecule has 1 aromatic carbocycles. The average molecular weight is 285 g/mol. The Balaban J connectivity index is 1.60. The summed E-state index contributed by atoms with van der Waals surface area (Å²) in [5, 5.41) is 6.25. The molecule has 0 radical (unpaired) electrons. The number of rotatable bonds is 4. The van der Waals surface area contributed by atoms with Gasteiger partial charge >= 0.3 is 0 Å². The Morgan fingerprint density at radius 2 is 2.24 bits per heavy atom. The summed E-state index contributed by atoms with van der Waals surface area (Å²) in [6.45, 7) is 2.83. The van der Waals surface area contributed by atoms with Crippen molar-refractivity contribution in [2.45, 2.75) is 32.2 Å². The molecule has 0 aliphatic carbocycles. The van der Waals surface area contributed by atoms with E-state index >= 15 is 0 Å². The van der Waals surface area contributed by atoms with Gasteiger partial charge < -0.3 is 15.1 Å². The van der Waals surface area contributed by atoms with E-state index in [9.17, 15) is 4.79 Å². The number of hydrogen-bond acceptors (Lipinski definition) is 4. The van der Waals surface area contributed by atoms with Gasteiger partial charge in [0.2, 0.25) is 5.91 Å². The number of aromatic nitrogens is 1. The van der Waals surface area contributed by atoms with Crippen LogP contribution in [0.5, 0.6) is 0 Å². The van der Waals surface area contributed by atoms with Crippen LogP contribution in [-0.2, 0) is 4.79 Å². The van der Waals surface area contributed by atoms with Crippen LogP contribution >= 0.6 is 0 Å². The first-order valence-corrected chi connectivity index (χ1v) is 7.27. The normalized spacial score (nSPS) is 17.9. The summed E-state index contributed by atoms with van der Waals surface area (Å²) in [4.78, 5) is 16.0. The molecule has 1 aromatic heterocycles. The van der Waals surface area contributed by atoms with Crippen molar-refractivity contribution in [2.24, 2.45) is 0 Å². The molecule has 5 nitrogen and oxygen atoms in total. The summed E-state index contributed by atoms with van der Waals surface area (Å²) in [6, 6.07) is 7.93. The molecular weight excluding hydrogens is 266 g/mol. The second-order valence-electron chi connectivity index (χ2n) is 5.37. The van der Waals surface area contributed by atoms with E-state index in [4.69, 9.17) is 4.42 Å². The highest BCUT2D eigenvalue weighted by atomic mass is 16.4. The number of carbonyl (C=O) groups excluding carboxylic acids is 1. The number of hydrogen-bond donors (Lipinski definition) is 2. The van der Waals surface area contributed by atoms with Crippen LogP contribution in [0.25, 0.3) is 11.3 Å². The molecule has 1 saturated heterocycles. The summed E-state index contributed by atoms with van der Waals surface area (Å²) >= 11 is 0. The van der Waals surface area contributed by atoms with Gasteiger partial charge in [-0.2, -0.15) is 0 Å². The highest BCUT2D eigenvalue weighted by molar-refractivity contribution is 5.91. The van der Waals surface area contributed by atoms with Crippen molar-refractivity contribution >= 4 is 11.6 Å². The van der Waals surface area contributed by atoms with Gasteiger partial charge in [0.15, 0.2) is 11.7 Å². The number of amides is 1. The zero-order valence-electron chi connectivity index (χ0n) is 12.1. The third kappa shape index (κ3) is 3.49. The number of nitrogens with zero attached hydrogens (tertiary/aromatic N) is 1. The lowest BCUT2D eigenvalue weighted by atomic mass is 10.1. The molecule has 1 amide bonds. The maximum absolute atomic E-state index is 11.9. The molecule has 21 heavy (non-hydrogen) atoms. The molecule has 0 saturated carbocycles. The Morgan fingerprint density at radius 3 is 2.86 bits per heavy atom. The van der Waals surface area contributed by atoms with Crippen molar-refractivity contribution in [1.82, 2.24) is 10.3 Å². The van der Waals surface area contributed by atoms with Gasteiger partial charge in [-0.05, 0) is 43.7 Å². The van der Waals surface area contributed by atoms with Crippen LogP contribution in [0.15, 0.2) is 34.9 Å². The predicted molar refractivity (Wildman–Crippen MR) is 80.9 cm³/mol. The third-order valence-electron chi connectivity index (χ3n) is 3.67. The number of carbonyl (C=O) groups is 1. The third-order valence-corrected chi connectivity index (χ3v) is 3.67. The van der Waals surface area contributed by atoms with E-state index in [1.54, 1.807) is 6.20 Å². The van der Waals surface area contributed by atoms with Crippen molar-refractivity contribution in [1.29, 1.82) is 0 Å². The number of aryl methyl sites for hydroxylation is 1. The lowest BCUT2D eigenvalue weighted by Crippen LogP contribution is -2.27. The molecule has 1 aliphatic rings. The Morgan fingerprint density at radius 1 is 1.43 bits per heavy atom. The predicted octanol–water partition coefficient (Wildman–Crippen LogP) is 2.73. The van der Waals surface area contributed by atoms with Crippen molar-refractivity contribution < 1.29 is 9.21 Å². The molecule has 2 aromatic rings. The maximum atomic E-state index is 11.9. The van der Waals surface area contributed by atoms with Crippen LogP contribution in [0.3, 0.4) is 0 Å². The maximum Gasteiger partial charge on any atom is 0.225 e. The minimum absolute atomic E-state index is 0.0534. The highest BCUT2D eigenvalue weighted by Crippen LogP contribution is 2.22. The van der Waals surface area contributed by atoms with E-state index < -0.39 is 0 Å². The van der Waals surface area contributed by atoms with E-state index in [2.05, 4.69) is 15.6 Å². The van der Waals surface area contributed by atoms with Crippen LogP contribution in [0.1, 0.15) is 25.2 Å². The Kier molecular flexibility index (Phi) is 4.01. The molecule has 110 valence electrons. The summed E-state index contributed by atoms with van der Waals surface area (Å²) in [7, 11) is 0. The van der Waals surface area contributed by atoms with Crippen LogP contribution in [0.4, 0.5) is 5.69 Å². The van der Waals surface area contributed by atoms with Gasteiger partial charge in [-0.25, -0.2) is 4.98 Å². The Hall–Kier alpha value is -2.14. The fourth-order valence-corrected chi connectivity index (χ4v) is 2.58. The van der Waals surface area contributed by atoms with Gasteiger partial charge in [-0.1, -0.05) is 0 Å². The molecule has 5 heteroatoms. The summed E-state index contributed by atoms with van der Waals surface area (Å²) in [5.41, 5.74) is 1.75. The van der Waals surface area contributed by atoms with Gasteiger partial charge in [-0.3, -0.25) is 4.79 Å². The van der Waals surface area contributed by atoms with Crippen LogP contribution < -0.4 is 10.6 Å². The molecule has 3 rings (SSSR count). The van der Waals surface area contributed by atoms with Crippen molar-refractivity contribution in [3.8, 4) is 11.3 Å². The second kappa shape index (κ2) is 6.10.